The van der Waals surface area contributed by atoms with Gasteiger partial charge in [-0.05, 0) is 36.7 Å². The van der Waals surface area contributed by atoms with Crippen molar-refractivity contribution in [1.29, 1.82) is 0 Å². The van der Waals surface area contributed by atoms with Crippen molar-refractivity contribution in [2.45, 2.75) is 52.6 Å². The molecule has 0 spiro atoms. The maximum atomic E-state index is 11.9. The van der Waals surface area contributed by atoms with Gasteiger partial charge in [0, 0.05) is 6.54 Å². The lowest BCUT2D eigenvalue weighted by molar-refractivity contribution is -0.149. The van der Waals surface area contributed by atoms with Gasteiger partial charge in [0.15, 0.2) is 0 Å². The molecule has 1 aromatic carbocycles. The molecule has 1 aliphatic carbocycles. The number of ether oxygens (including phenoxy) is 1. The van der Waals surface area contributed by atoms with Crippen LogP contribution in [0.3, 0.4) is 0 Å². The van der Waals surface area contributed by atoms with E-state index in [1.165, 1.54) is 0 Å². The summed E-state index contributed by atoms with van der Waals surface area (Å²) in [7, 11) is 0. The van der Waals surface area contributed by atoms with Gasteiger partial charge >= 0.3 is 12.1 Å². The van der Waals surface area contributed by atoms with Crippen LogP contribution in [-0.4, -0.2) is 23.7 Å². The highest BCUT2D eigenvalue weighted by Gasteiger charge is 2.42. The van der Waals surface area contributed by atoms with Crippen LogP contribution in [0.25, 0.3) is 0 Å². The number of nitrogens with one attached hydrogen (secondary N) is 1. The van der Waals surface area contributed by atoms with Crippen LogP contribution >= 0.6 is 0 Å². The molecule has 0 saturated heterocycles. The number of rotatable bonds is 5. The van der Waals surface area contributed by atoms with Crippen LogP contribution in [0.1, 0.15) is 51.5 Å². The Morgan fingerprint density at radius 3 is 2.50 bits per heavy atom. The summed E-state index contributed by atoms with van der Waals surface area (Å²) < 4.78 is 5.17. The van der Waals surface area contributed by atoms with E-state index in [2.05, 4.69) is 19.2 Å². The van der Waals surface area contributed by atoms with Crippen molar-refractivity contribution >= 4 is 12.1 Å². The second kappa shape index (κ2) is 7.69. The summed E-state index contributed by atoms with van der Waals surface area (Å²) in [6, 6.07) is 9.40. The molecule has 2 rings (SSSR count). The van der Waals surface area contributed by atoms with E-state index >= 15 is 0 Å². The first-order valence-electron chi connectivity index (χ1n) is 8.51. The molecule has 1 atom stereocenters. The van der Waals surface area contributed by atoms with E-state index in [1.807, 2.05) is 30.3 Å². The van der Waals surface area contributed by atoms with Gasteiger partial charge in [-0.1, -0.05) is 50.6 Å². The third kappa shape index (κ3) is 4.98. The zero-order valence-electron chi connectivity index (χ0n) is 14.5. The predicted octanol–water partition coefficient (Wildman–Crippen LogP) is 3.97. The molecule has 1 unspecified atom stereocenters. The Balaban J connectivity index is 1.89. The van der Waals surface area contributed by atoms with Crippen molar-refractivity contribution < 1.29 is 19.4 Å². The smallest absolute Gasteiger partial charge is 0.407 e. The quantitative estimate of drug-likeness (QED) is 0.799. The lowest BCUT2D eigenvalue weighted by Crippen LogP contribution is -2.43. The molecule has 2 N–H and O–H groups in total. The van der Waals surface area contributed by atoms with Crippen LogP contribution in [0.4, 0.5) is 4.79 Å². The Morgan fingerprint density at radius 1 is 1.12 bits per heavy atom. The monoisotopic (exact) mass is 333 g/mol. The van der Waals surface area contributed by atoms with Crippen LogP contribution in [0.5, 0.6) is 0 Å². The average Bonchev–Trinajstić information content (AvgIpc) is 2.71. The molecule has 0 heterocycles. The predicted molar refractivity (Wildman–Crippen MR) is 91.6 cm³/mol. The number of aliphatic carboxylic acids is 1. The number of amides is 1. The molecule has 132 valence electrons. The van der Waals surface area contributed by atoms with Crippen molar-refractivity contribution in [3.8, 4) is 0 Å². The van der Waals surface area contributed by atoms with Gasteiger partial charge in [-0.2, -0.15) is 0 Å². The first-order chi connectivity index (χ1) is 11.3. The van der Waals surface area contributed by atoms with E-state index in [-0.39, 0.29) is 18.6 Å². The maximum absolute atomic E-state index is 11.9. The van der Waals surface area contributed by atoms with Crippen LogP contribution in [0.15, 0.2) is 30.3 Å². The molecule has 1 aliphatic rings. The van der Waals surface area contributed by atoms with E-state index < -0.39 is 17.5 Å². The molecule has 1 amide bonds. The van der Waals surface area contributed by atoms with E-state index in [9.17, 15) is 14.7 Å². The first kappa shape index (κ1) is 18.3. The van der Waals surface area contributed by atoms with Crippen LogP contribution in [0, 0.1) is 10.8 Å². The van der Waals surface area contributed by atoms with Gasteiger partial charge in [0.25, 0.3) is 0 Å². The number of hydrogen-bond acceptors (Lipinski definition) is 3. The zero-order chi connectivity index (χ0) is 17.6. The second-order valence-corrected chi connectivity index (χ2v) is 7.52. The fourth-order valence-corrected chi connectivity index (χ4v) is 3.21. The van der Waals surface area contributed by atoms with Crippen molar-refractivity contribution in [3.05, 3.63) is 35.9 Å². The third-order valence-corrected chi connectivity index (χ3v) is 5.03. The molecular formula is C19H27NO4. The van der Waals surface area contributed by atoms with E-state index in [1.54, 1.807) is 0 Å². The Morgan fingerprint density at radius 2 is 1.83 bits per heavy atom. The number of hydrogen-bond donors (Lipinski definition) is 2. The fraction of sp³-hybridized carbons (Fsp3) is 0.579. The minimum Gasteiger partial charge on any atom is -0.481 e. The van der Waals surface area contributed by atoms with Gasteiger partial charge in [-0.25, -0.2) is 4.79 Å². The highest BCUT2D eigenvalue weighted by molar-refractivity contribution is 5.76. The number of carbonyl (C=O) groups excluding carboxylic acids is 1. The normalized spacial score (nSPS) is 23.1. The molecule has 0 aromatic heterocycles. The maximum Gasteiger partial charge on any atom is 0.407 e. The number of carboxylic acid groups (broad SMARTS) is 1. The first-order valence-corrected chi connectivity index (χ1v) is 8.51. The number of benzene rings is 1. The summed E-state index contributed by atoms with van der Waals surface area (Å²) in [4.78, 5) is 23.8. The van der Waals surface area contributed by atoms with Gasteiger partial charge in [-0.15, -0.1) is 0 Å². The molecule has 5 nitrogen and oxygen atoms in total. The summed E-state index contributed by atoms with van der Waals surface area (Å²) in [6.45, 7) is 4.64. The molecule has 1 saturated carbocycles. The standard InChI is InChI=1S/C19H27NO4/c1-18(2)9-6-10-19(12-11-18,16(21)22)14-20-17(23)24-13-15-7-4-3-5-8-15/h3-5,7-8H,6,9-14H2,1-2H3,(H,20,23)(H,21,22). The average molecular weight is 333 g/mol. The molecule has 0 radical (unpaired) electrons. The SMILES string of the molecule is CC1(C)CCCC(CNC(=O)OCc2ccccc2)(C(=O)O)CC1. The summed E-state index contributed by atoms with van der Waals surface area (Å²) in [5, 5.41) is 12.4. The molecule has 0 bridgehead atoms. The number of carboxylic acids is 1. The van der Waals surface area contributed by atoms with Crippen LogP contribution in [-0.2, 0) is 16.1 Å². The minimum atomic E-state index is -0.889. The van der Waals surface area contributed by atoms with E-state index in [0.717, 1.165) is 24.8 Å². The Bertz CT molecular complexity index is 570. The summed E-state index contributed by atoms with van der Waals surface area (Å²) in [5.41, 5.74) is 0.168. The van der Waals surface area contributed by atoms with E-state index in [0.29, 0.717) is 12.8 Å². The third-order valence-electron chi connectivity index (χ3n) is 5.03. The van der Waals surface area contributed by atoms with Crippen LogP contribution in [0.2, 0.25) is 0 Å². The highest BCUT2D eigenvalue weighted by atomic mass is 16.5. The minimum absolute atomic E-state index is 0.117. The molecule has 24 heavy (non-hydrogen) atoms. The molecule has 0 aliphatic heterocycles. The van der Waals surface area contributed by atoms with Crippen molar-refractivity contribution in [2.24, 2.45) is 10.8 Å². The molecule has 1 aromatic rings. The van der Waals surface area contributed by atoms with Gasteiger partial charge < -0.3 is 15.2 Å². The largest absolute Gasteiger partial charge is 0.481 e. The second-order valence-electron chi connectivity index (χ2n) is 7.52. The summed E-state index contributed by atoms with van der Waals surface area (Å²) in [6.07, 6.45) is 3.32. The van der Waals surface area contributed by atoms with Crippen molar-refractivity contribution in [1.82, 2.24) is 5.32 Å². The van der Waals surface area contributed by atoms with Crippen LogP contribution < -0.4 is 5.32 Å². The fourth-order valence-electron chi connectivity index (χ4n) is 3.21. The molecule has 1 fully saturated rings. The lowest BCUT2D eigenvalue weighted by Gasteiger charge is -2.29. The van der Waals surface area contributed by atoms with Gasteiger partial charge in [-0.3, -0.25) is 4.79 Å². The Kier molecular flexibility index (Phi) is 5.86. The Hall–Kier alpha value is -2.04. The Labute approximate surface area is 143 Å². The van der Waals surface area contributed by atoms with Gasteiger partial charge in [0.2, 0.25) is 0 Å². The molecular weight excluding hydrogens is 306 g/mol. The zero-order valence-corrected chi connectivity index (χ0v) is 14.5. The van der Waals surface area contributed by atoms with Gasteiger partial charge in [0.1, 0.15) is 6.61 Å². The molecule has 5 heteroatoms. The van der Waals surface area contributed by atoms with E-state index in [4.69, 9.17) is 4.74 Å². The van der Waals surface area contributed by atoms with Crippen molar-refractivity contribution in [3.63, 3.8) is 0 Å². The highest BCUT2D eigenvalue weighted by Crippen LogP contribution is 2.42. The number of carbonyl (C=O) groups is 2. The summed E-state index contributed by atoms with van der Waals surface area (Å²) in [5.74, 6) is -0.830. The van der Waals surface area contributed by atoms with Gasteiger partial charge in [0.05, 0.1) is 5.41 Å². The summed E-state index contributed by atoms with van der Waals surface area (Å²) >= 11 is 0. The van der Waals surface area contributed by atoms with Crippen molar-refractivity contribution in [2.75, 3.05) is 6.54 Å². The number of alkyl carbamates (subject to hydrolysis) is 1. The lowest BCUT2D eigenvalue weighted by atomic mass is 9.78. The topological polar surface area (TPSA) is 75.6 Å².